The maximum atomic E-state index is 11.7. The number of carbonyl (C=O) groups excluding carboxylic acids is 1. The Hall–Kier alpha value is -0.260. The Bertz CT molecular complexity index is 450. The monoisotopic (exact) mass is 485 g/mol. The third kappa shape index (κ3) is 7.10. The standard InChI is InChI=1S/C16H31N5O2S.HI/c1-17-15(18-12-16(23)5-11-24-13-16)21-9-7-20(8-10-21)6-4-14(22)19(2)3;/h23H,4-13H2,1-3H3,(H,17,18);1H. The molecule has 9 heteroatoms. The predicted molar refractivity (Wildman–Crippen MR) is 115 cm³/mol. The van der Waals surface area contributed by atoms with Crippen LogP contribution in [0.25, 0.3) is 0 Å². The van der Waals surface area contributed by atoms with Gasteiger partial charge in [-0.1, -0.05) is 0 Å². The number of nitrogens with zero attached hydrogens (tertiary/aromatic N) is 4. The number of piperazine rings is 1. The molecule has 2 aliphatic heterocycles. The second kappa shape index (κ2) is 10.8. The maximum absolute atomic E-state index is 11.7. The van der Waals surface area contributed by atoms with Crippen LogP contribution in [-0.2, 0) is 4.79 Å². The zero-order valence-corrected chi connectivity index (χ0v) is 18.7. The molecular weight excluding hydrogens is 453 g/mol. The molecule has 25 heavy (non-hydrogen) atoms. The number of hydrogen-bond donors (Lipinski definition) is 2. The molecular formula is C16H32IN5O2S. The average molecular weight is 485 g/mol. The SMILES string of the molecule is CN=C(NCC1(O)CCSC1)N1CCN(CCC(=O)N(C)C)CC1.I. The first-order valence-corrected chi connectivity index (χ1v) is 9.77. The third-order valence-electron chi connectivity index (χ3n) is 4.68. The van der Waals surface area contributed by atoms with Crippen molar-refractivity contribution in [1.82, 2.24) is 20.0 Å². The summed E-state index contributed by atoms with van der Waals surface area (Å²) in [5, 5.41) is 13.8. The van der Waals surface area contributed by atoms with Gasteiger partial charge in [0.25, 0.3) is 0 Å². The molecule has 0 aromatic heterocycles. The largest absolute Gasteiger partial charge is 0.387 e. The Morgan fingerprint density at radius 2 is 2.00 bits per heavy atom. The van der Waals surface area contributed by atoms with Crippen LogP contribution in [0.3, 0.4) is 0 Å². The molecule has 0 saturated carbocycles. The number of rotatable bonds is 5. The summed E-state index contributed by atoms with van der Waals surface area (Å²) in [4.78, 5) is 22.2. The Balaban J connectivity index is 0.00000312. The van der Waals surface area contributed by atoms with E-state index < -0.39 is 5.60 Å². The topological polar surface area (TPSA) is 71.4 Å². The van der Waals surface area contributed by atoms with Gasteiger partial charge in [-0.05, 0) is 12.2 Å². The summed E-state index contributed by atoms with van der Waals surface area (Å²) in [5.74, 6) is 2.87. The number of amides is 1. The van der Waals surface area contributed by atoms with Gasteiger partial charge in [0.2, 0.25) is 5.91 Å². The van der Waals surface area contributed by atoms with Crippen LogP contribution in [0.5, 0.6) is 0 Å². The predicted octanol–water partition coefficient (Wildman–Crippen LogP) is 0.144. The Labute approximate surface area is 172 Å². The molecule has 0 aromatic rings. The summed E-state index contributed by atoms with van der Waals surface area (Å²) >= 11 is 1.80. The summed E-state index contributed by atoms with van der Waals surface area (Å²) in [6, 6.07) is 0. The second-order valence-corrected chi connectivity index (χ2v) is 7.90. The molecule has 2 fully saturated rings. The van der Waals surface area contributed by atoms with Gasteiger partial charge in [-0.25, -0.2) is 0 Å². The van der Waals surface area contributed by atoms with E-state index >= 15 is 0 Å². The molecule has 2 heterocycles. The lowest BCUT2D eigenvalue weighted by atomic mass is 10.0. The van der Waals surface area contributed by atoms with E-state index in [-0.39, 0.29) is 29.9 Å². The average Bonchev–Trinajstić information content (AvgIpc) is 3.01. The zero-order valence-electron chi connectivity index (χ0n) is 15.5. The van der Waals surface area contributed by atoms with E-state index in [1.165, 1.54) is 0 Å². The molecule has 0 aliphatic carbocycles. The molecule has 0 bridgehead atoms. The molecule has 1 amide bonds. The Kier molecular flexibility index (Phi) is 9.83. The van der Waals surface area contributed by atoms with Gasteiger partial charge in [0.05, 0.1) is 5.60 Å². The number of hydrogen-bond acceptors (Lipinski definition) is 5. The first-order valence-electron chi connectivity index (χ1n) is 8.62. The van der Waals surface area contributed by atoms with Gasteiger partial charge in [0.1, 0.15) is 0 Å². The Morgan fingerprint density at radius 3 is 2.52 bits per heavy atom. The summed E-state index contributed by atoms with van der Waals surface area (Å²) in [6.07, 6.45) is 1.42. The molecule has 0 aromatic carbocycles. The van der Waals surface area contributed by atoms with Crippen molar-refractivity contribution in [3.63, 3.8) is 0 Å². The van der Waals surface area contributed by atoms with E-state index in [2.05, 4.69) is 20.1 Å². The number of carbonyl (C=O) groups is 1. The molecule has 0 radical (unpaired) electrons. The fourth-order valence-electron chi connectivity index (χ4n) is 2.97. The summed E-state index contributed by atoms with van der Waals surface area (Å²) in [7, 11) is 5.39. The molecule has 2 saturated heterocycles. The van der Waals surface area contributed by atoms with Crippen molar-refractivity contribution in [3.8, 4) is 0 Å². The lowest BCUT2D eigenvalue weighted by Crippen LogP contribution is -2.55. The second-order valence-electron chi connectivity index (χ2n) is 6.79. The van der Waals surface area contributed by atoms with E-state index in [1.54, 1.807) is 37.8 Å². The van der Waals surface area contributed by atoms with Crippen molar-refractivity contribution < 1.29 is 9.90 Å². The van der Waals surface area contributed by atoms with Gasteiger partial charge in [0.15, 0.2) is 5.96 Å². The normalized spacial score (nSPS) is 24.8. The van der Waals surface area contributed by atoms with Gasteiger partial charge < -0.3 is 20.2 Å². The van der Waals surface area contributed by atoms with E-state index in [0.717, 1.165) is 56.6 Å². The lowest BCUT2D eigenvalue weighted by Gasteiger charge is -2.37. The minimum atomic E-state index is -0.602. The number of aliphatic imine (C=N–C) groups is 1. The molecule has 1 unspecified atom stereocenters. The van der Waals surface area contributed by atoms with Crippen LogP contribution in [0.2, 0.25) is 0 Å². The molecule has 2 N–H and O–H groups in total. The summed E-state index contributed by atoms with van der Waals surface area (Å²) < 4.78 is 0. The van der Waals surface area contributed by atoms with Crippen molar-refractivity contribution in [2.24, 2.45) is 4.99 Å². The van der Waals surface area contributed by atoms with Crippen molar-refractivity contribution in [1.29, 1.82) is 0 Å². The smallest absolute Gasteiger partial charge is 0.223 e. The van der Waals surface area contributed by atoms with Crippen molar-refractivity contribution in [3.05, 3.63) is 0 Å². The highest BCUT2D eigenvalue weighted by molar-refractivity contribution is 14.0. The van der Waals surface area contributed by atoms with Crippen molar-refractivity contribution in [2.45, 2.75) is 18.4 Å². The fraction of sp³-hybridized carbons (Fsp3) is 0.875. The van der Waals surface area contributed by atoms with Crippen LogP contribution >= 0.6 is 35.7 Å². The van der Waals surface area contributed by atoms with Gasteiger partial charge in [-0.3, -0.25) is 14.7 Å². The van der Waals surface area contributed by atoms with Gasteiger partial charge in [-0.15, -0.1) is 24.0 Å². The highest BCUT2D eigenvalue weighted by Crippen LogP contribution is 2.27. The highest BCUT2D eigenvalue weighted by atomic mass is 127. The molecule has 146 valence electrons. The summed E-state index contributed by atoms with van der Waals surface area (Å²) in [6.45, 7) is 5.02. The number of halogens is 1. The molecule has 2 rings (SSSR count). The Morgan fingerprint density at radius 1 is 1.32 bits per heavy atom. The van der Waals surface area contributed by atoms with Crippen LogP contribution in [0.1, 0.15) is 12.8 Å². The van der Waals surface area contributed by atoms with E-state index in [0.29, 0.717) is 13.0 Å². The summed E-state index contributed by atoms with van der Waals surface area (Å²) in [5.41, 5.74) is -0.602. The quantitative estimate of drug-likeness (QED) is 0.328. The third-order valence-corrected chi connectivity index (χ3v) is 5.92. The first kappa shape index (κ1) is 22.8. The fourth-order valence-corrected chi connectivity index (χ4v) is 4.27. The van der Waals surface area contributed by atoms with Crippen molar-refractivity contribution in [2.75, 3.05) is 71.9 Å². The van der Waals surface area contributed by atoms with Gasteiger partial charge >= 0.3 is 0 Å². The number of aliphatic hydroxyl groups is 1. The van der Waals surface area contributed by atoms with E-state index in [4.69, 9.17) is 0 Å². The lowest BCUT2D eigenvalue weighted by molar-refractivity contribution is -0.129. The van der Waals surface area contributed by atoms with Crippen LogP contribution in [-0.4, -0.2) is 109 Å². The first-order chi connectivity index (χ1) is 11.4. The number of thioether (sulfide) groups is 1. The van der Waals surface area contributed by atoms with Gasteiger partial charge in [-0.2, -0.15) is 11.8 Å². The number of guanidine groups is 1. The van der Waals surface area contributed by atoms with Crippen molar-refractivity contribution >= 4 is 47.6 Å². The van der Waals surface area contributed by atoms with E-state index in [1.807, 2.05) is 0 Å². The molecule has 2 aliphatic rings. The van der Waals surface area contributed by atoms with Crippen LogP contribution in [0, 0.1) is 0 Å². The zero-order chi connectivity index (χ0) is 17.6. The van der Waals surface area contributed by atoms with Crippen LogP contribution in [0.4, 0.5) is 0 Å². The molecule has 0 spiro atoms. The minimum Gasteiger partial charge on any atom is -0.387 e. The maximum Gasteiger partial charge on any atom is 0.223 e. The van der Waals surface area contributed by atoms with Crippen LogP contribution < -0.4 is 5.32 Å². The molecule has 7 nitrogen and oxygen atoms in total. The highest BCUT2D eigenvalue weighted by Gasteiger charge is 2.32. The molecule has 1 atom stereocenters. The van der Waals surface area contributed by atoms with E-state index in [9.17, 15) is 9.90 Å². The van der Waals surface area contributed by atoms with Crippen LogP contribution in [0.15, 0.2) is 4.99 Å². The number of nitrogens with one attached hydrogen (secondary N) is 1. The minimum absolute atomic E-state index is 0. The van der Waals surface area contributed by atoms with Gasteiger partial charge in [0, 0.05) is 72.6 Å².